The van der Waals surface area contributed by atoms with Crippen molar-refractivity contribution in [2.24, 2.45) is 11.8 Å². The minimum absolute atomic E-state index is 0.00725. The van der Waals surface area contributed by atoms with Gasteiger partial charge in [0.05, 0.1) is 11.8 Å². The largest absolute Gasteiger partial charge is 0.368 e. The molecule has 4 unspecified atom stereocenters. The molecular weight excluding hydrogens is 569 g/mol. The lowest BCUT2D eigenvalue weighted by Crippen LogP contribution is -2.68. The Bertz CT molecular complexity index is 1420. The van der Waals surface area contributed by atoms with Crippen LogP contribution in [0.2, 0.25) is 0 Å². The van der Waals surface area contributed by atoms with E-state index in [9.17, 15) is 14.4 Å². The maximum atomic E-state index is 15.5. The highest BCUT2D eigenvalue weighted by Crippen LogP contribution is 2.44. The average molecular weight is 610 g/mol. The third-order valence-corrected chi connectivity index (χ3v) is 10.8. The molecule has 1 aliphatic carbocycles. The number of allylic oxidation sites excluding steroid dienone is 1. The number of piperazine rings is 1. The zero-order chi connectivity index (χ0) is 30.3. The maximum Gasteiger partial charge on any atom is 0.253 e. The number of benzene rings is 1. The van der Waals surface area contributed by atoms with Crippen LogP contribution in [-0.4, -0.2) is 96.9 Å². The van der Waals surface area contributed by atoms with Gasteiger partial charge in [-0.3, -0.25) is 19.3 Å². The predicted octanol–water partition coefficient (Wildman–Crippen LogP) is 3.75. The molecule has 4 atom stereocenters. The summed E-state index contributed by atoms with van der Waals surface area (Å²) in [4.78, 5) is 51.1. The van der Waals surface area contributed by atoms with Gasteiger partial charge in [-0.2, -0.15) is 0 Å². The van der Waals surface area contributed by atoms with Crippen LogP contribution in [0.1, 0.15) is 49.9 Å². The number of nitrogens with one attached hydrogen (secondary N) is 1. The van der Waals surface area contributed by atoms with Gasteiger partial charge in [-0.05, 0) is 51.9 Å². The number of hydrogen-bond acceptors (Lipinski definition) is 9. The number of ketones is 1. The third kappa shape index (κ3) is 5.45. The first-order chi connectivity index (χ1) is 20.8. The summed E-state index contributed by atoms with van der Waals surface area (Å²) in [6, 6.07) is 3.75. The Hall–Kier alpha value is -2.99. The van der Waals surface area contributed by atoms with E-state index in [2.05, 4.69) is 22.2 Å². The number of Topliss-reactive ketones (excluding diaryl/α,β-unsaturated/α-hetero) is 1. The van der Waals surface area contributed by atoms with E-state index in [1.165, 1.54) is 17.4 Å². The van der Waals surface area contributed by atoms with Crippen molar-refractivity contribution in [1.82, 2.24) is 20.1 Å². The number of aldehydes is 1. The summed E-state index contributed by atoms with van der Waals surface area (Å²) in [5.41, 5.74) is 0.659. The zero-order valence-electron chi connectivity index (χ0n) is 25.1. The van der Waals surface area contributed by atoms with Crippen LogP contribution in [-0.2, 0) is 14.3 Å². The molecule has 1 amide bonds. The topological polar surface area (TPSA) is 95.1 Å². The van der Waals surface area contributed by atoms with E-state index in [4.69, 9.17) is 9.72 Å². The fraction of sp³-hybridized carbons (Fsp3) is 0.562. The molecule has 4 fully saturated rings. The van der Waals surface area contributed by atoms with E-state index in [0.717, 1.165) is 68.9 Å². The lowest BCUT2D eigenvalue weighted by molar-refractivity contribution is -0.131. The number of carbonyl (C=O) groups excluding carboxylic acids is 3. The summed E-state index contributed by atoms with van der Waals surface area (Å²) in [5.74, 6) is -1.41. The summed E-state index contributed by atoms with van der Waals surface area (Å²) < 4.78 is 21.5. The van der Waals surface area contributed by atoms with Gasteiger partial charge >= 0.3 is 0 Å². The van der Waals surface area contributed by atoms with Crippen molar-refractivity contribution in [3.05, 3.63) is 46.6 Å². The van der Waals surface area contributed by atoms with Crippen molar-refractivity contribution in [1.29, 1.82) is 0 Å². The molecule has 1 aromatic carbocycles. The molecule has 0 bridgehead atoms. The number of carbonyl (C=O) groups is 3. The highest BCUT2D eigenvalue weighted by Gasteiger charge is 2.59. The summed E-state index contributed by atoms with van der Waals surface area (Å²) in [6.07, 6.45) is 5.82. The lowest BCUT2D eigenvalue weighted by atomic mass is 9.88. The van der Waals surface area contributed by atoms with Crippen LogP contribution >= 0.6 is 11.3 Å². The minimum atomic E-state index is -1.40. The van der Waals surface area contributed by atoms with Gasteiger partial charge in [0.15, 0.2) is 22.9 Å². The highest BCUT2D eigenvalue weighted by molar-refractivity contribution is 7.14. The molecule has 230 valence electrons. The quantitative estimate of drug-likeness (QED) is 0.357. The number of hydrogen-bond donors (Lipinski definition) is 1. The highest BCUT2D eigenvalue weighted by atomic mass is 32.1. The molecule has 6 rings (SSSR count). The Kier molecular flexibility index (Phi) is 8.52. The lowest BCUT2D eigenvalue weighted by Gasteiger charge is -2.44. The molecule has 0 spiro atoms. The standard InChI is InChI=1S/C32H40FN5O4S/c1-4-20(2)24-16-38(28-27(40)17-42-29(24)28)32(19-39,22-7-5-6-8-22)35-30(41)21-9-10-23(25(33)15-21)26-18-43-31(34-26)37-13-11-36(3)12-14-37/h4,9-10,15,18-19,22,24,28-29H,5-8,11-14,16-17H2,1-3H3,(H,35,41)/b20-4+. The predicted molar refractivity (Wildman–Crippen MR) is 164 cm³/mol. The molecule has 1 saturated carbocycles. The second kappa shape index (κ2) is 12.2. The number of likely N-dealkylation sites (tertiary alicyclic amines) is 1. The van der Waals surface area contributed by atoms with E-state index < -0.39 is 23.4 Å². The van der Waals surface area contributed by atoms with Gasteiger partial charge in [-0.15, -0.1) is 11.3 Å². The van der Waals surface area contributed by atoms with Crippen LogP contribution in [0.3, 0.4) is 0 Å². The summed E-state index contributed by atoms with van der Waals surface area (Å²) in [7, 11) is 2.09. The Morgan fingerprint density at radius 2 is 1.95 bits per heavy atom. The van der Waals surface area contributed by atoms with Crippen molar-refractivity contribution in [3.8, 4) is 11.3 Å². The molecule has 3 aliphatic heterocycles. The first kappa shape index (κ1) is 30.1. The third-order valence-electron chi connectivity index (χ3n) is 9.94. The average Bonchev–Trinajstić information content (AvgIpc) is 3.83. The summed E-state index contributed by atoms with van der Waals surface area (Å²) in [5, 5.41) is 5.73. The second-order valence-corrected chi connectivity index (χ2v) is 13.2. The van der Waals surface area contributed by atoms with Crippen LogP contribution in [0.4, 0.5) is 9.52 Å². The van der Waals surface area contributed by atoms with Gasteiger partial charge in [0, 0.05) is 61.1 Å². The van der Waals surface area contributed by atoms with Crippen LogP contribution in [0.15, 0.2) is 35.2 Å². The SMILES string of the molecule is C/C=C(\C)C1CN(C(C=O)(NC(=O)c2ccc(-c3csc(N4CCN(C)CC4)n3)c(F)c2)C2CCCC2)C2C(=O)COC12. The Labute approximate surface area is 256 Å². The van der Waals surface area contributed by atoms with Gasteiger partial charge in [0.25, 0.3) is 5.91 Å². The van der Waals surface area contributed by atoms with Gasteiger partial charge in [-0.25, -0.2) is 9.37 Å². The monoisotopic (exact) mass is 609 g/mol. The van der Waals surface area contributed by atoms with Crippen molar-refractivity contribution >= 4 is 34.4 Å². The van der Waals surface area contributed by atoms with E-state index in [-0.39, 0.29) is 35.9 Å². The number of likely N-dealkylation sites (N-methyl/N-ethyl adjacent to an activating group) is 1. The number of rotatable bonds is 8. The smallest absolute Gasteiger partial charge is 0.253 e. The number of nitrogens with zero attached hydrogens (tertiary/aromatic N) is 4. The molecule has 2 aromatic rings. The van der Waals surface area contributed by atoms with E-state index in [1.807, 2.05) is 30.2 Å². The minimum Gasteiger partial charge on any atom is -0.368 e. The number of amides is 1. The zero-order valence-corrected chi connectivity index (χ0v) is 25.9. The van der Waals surface area contributed by atoms with Gasteiger partial charge in [0.1, 0.15) is 18.5 Å². The molecule has 4 heterocycles. The van der Waals surface area contributed by atoms with Gasteiger partial charge in [0.2, 0.25) is 0 Å². The number of aromatic nitrogens is 1. The molecule has 3 saturated heterocycles. The molecule has 1 aromatic heterocycles. The van der Waals surface area contributed by atoms with Crippen molar-refractivity contribution in [2.45, 2.75) is 57.3 Å². The van der Waals surface area contributed by atoms with E-state index in [1.54, 1.807) is 12.1 Å². The number of anilines is 1. The second-order valence-electron chi connectivity index (χ2n) is 12.4. The van der Waals surface area contributed by atoms with Crippen LogP contribution in [0.5, 0.6) is 0 Å². The van der Waals surface area contributed by atoms with Crippen LogP contribution < -0.4 is 10.2 Å². The molecule has 43 heavy (non-hydrogen) atoms. The molecule has 9 nitrogen and oxygen atoms in total. The van der Waals surface area contributed by atoms with E-state index >= 15 is 4.39 Å². The molecule has 11 heteroatoms. The van der Waals surface area contributed by atoms with Crippen molar-refractivity contribution < 1.29 is 23.5 Å². The molecule has 4 aliphatic rings. The Morgan fingerprint density at radius 3 is 2.63 bits per heavy atom. The first-order valence-corrected chi connectivity index (χ1v) is 16.2. The number of thiazole rings is 1. The summed E-state index contributed by atoms with van der Waals surface area (Å²) >= 11 is 1.49. The van der Waals surface area contributed by atoms with Gasteiger partial charge in [-0.1, -0.05) is 24.5 Å². The van der Waals surface area contributed by atoms with E-state index in [0.29, 0.717) is 17.8 Å². The van der Waals surface area contributed by atoms with Gasteiger partial charge < -0.3 is 19.9 Å². The number of fused-ring (bicyclic) bond motifs is 1. The maximum absolute atomic E-state index is 15.5. The van der Waals surface area contributed by atoms with Crippen molar-refractivity contribution in [2.75, 3.05) is 51.3 Å². The Balaban J connectivity index is 1.27. The van der Waals surface area contributed by atoms with Crippen LogP contribution in [0.25, 0.3) is 11.3 Å². The molecular formula is C32H40FN5O4S. The molecule has 1 N–H and O–H groups in total. The summed E-state index contributed by atoms with van der Waals surface area (Å²) in [6.45, 7) is 8.01. The Morgan fingerprint density at radius 1 is 1.21 bits per heavy atom. The fourth-order valence-corrected chi connectivity index (χ4v) is 8.15. The molecule has 0 radical (unpaired) electrons. The van der Waals surface area contributed by atoms with Crippen LogP contribution in [0, 0.1) is 17.7 Å². The van der Waals surface area contributed by atoms with Crippen molar-refractivity contribution in [3.63, 3.8) is 0 Å². The number of halogens is 1. The normalized spacial score (nSPS) is 27.0. The fourth-order valence-electron chi connectivity index (χ4n) is 7.27. The number of ether oxygens (including phenoxy) is 1. The first-order valence-electron chi connectivity index (χ1n) is 15.3.